The SMILES string of the molecule is CC1CN(Cc2cccc([N+](=O)[O-])c2)C(C)CO1. The van der Waals surface area contributed by atoms with E-state index in [1.165, 1.54) is 6.07 Å². The molecular weight excluding hydrogens is 232 g/mol. The van der Waals surface area contributed by atoms with Gasteiger partial charge < -0.3 is 4.74 Å². The van der Waals surface area contributed by atoms with Crippen molar-refractivity contribution in [1.82, 2.24) is 4.90 Å². The third kappa shape index (κ3) is 3.05. The standard InChI is InChI=1S/C13H18N2O3/c1-10-9-18-11(2)7-14(10)8-12-4-3-5-13(6-12)15(16)17/h3-6,10-11H,7-9H2,1-2H3. The van der Waals surface area contributed by atoms with E-state index >= 15 is 0 Å². The van der Waals surface area contributed by atoms with Gasteiger partial charge in [-0.3, -0.25) is 15.0 Å². The van der Waals surface area contributed by atoms with Crippen molar-refractivity contribution in [3.8, 4) is 0 Å². The summed E-state index contributed by atoms with van der Waals surface area (Å²) in [6, 6.07) is 7.18. The zero-order valence-electron chi connectivity index (χ0n) is 10.7. The maximum atomic E-state index is 10.7. The van der Waals surface area contributed by atoms with E-state index in [1.54, 1.807) is 12.1 Å². The Kier molecular flexibility index (Phi) is 3.93. The molecule has 2 rings (SSSR count). The lowest BCUT2D eigenvalue weighted by Gasteiger charge is -2.36. The van der Waals surface area contributed by atoms with Gasteiger partial charge in [0.1, 0.15) is 0 Å². The minimum atomic E-state index is -0.352. The third-order valence-electron chi connectivity index (χ3n) is 3.24. The van der Waals surface area contributed by atoms with Crippen LogP contribution in [0.4, 0.5) is 5.69 Å². The molecule has 2 atom stereocenters. The minimum Gasteiger partial charge on any atom is -0.376 e. The zero-order valence-corrected chi connectivity index (χ0v) is 10.7. The van der Waals surface area contributed by atoms with E-state index in [0.717, 1.165) is 25.3 Å². The van der Waals surface area contributed by atoms with Crippen LogP contribution in [0.25, 0.3) is 0 Å². The highest BCUT2D eigenvalue weighted by molar-refractivity contribution is 5.34. The van der Waals surface area contributed by atoms with Crippen LogP contribution in [0.5, 0.6) is 0 Å². The molecule has 2 unspecified atom stereocenters. The second-order valence-corrected chi connectivity index (χ2v) is 4.85. The van der Waals surface area contributed by atoms with E-state index in [1.807, 2.05) is 13.0 Å². The number of benzene rings is 1. The topological polar surface area (TPSA) is 55.6 Å². The van der Waals surface area contributed by atoms with Gasteiger partial charge in [0.05, 0.1) is 17.6 Å². The largest absolute Gasteiger partial charge is 0.376 e. The van der Waals surface area contributed by atoms with Crippen LogP contribution >= 0.6 is 0 Å². The van der Waals surface area contributed by atoms with Crippen molar-refractivity contribution in [2.75, 3.05) is 13.2 Å². The van der Waals surface area contributed by atoms with Gasteiger partial charge in [0.2, 0.25) is 0 Å². The van der Waals surface area contributed by atoms with Gasteiger partial charge >= 0.3 is 0 Å². The maximum Gasteiger partial charge on any atom is 0.269 e. The van der Waals surface area contributed by atoms with Crippen LogP contribution in [0.15, 0.2) is 24.3 Å². The summed E-state index contributed by atoms with van der Waals surface area (Å²) in [5, 5.41) is 10.7. The number of nitrogens with zero attached hydrogens (tertiary/aromatic N) is 2. The molecule has 0 amide bonds. The van der Waals surface area contributed by atoms with Gasteiger partial charge in [0.15, 0.2) is 0 Å². The first kappa shape index (κ1) is 13.0. The summed E-state index contributed by atoms with van der Waals surface area (Å²) in [5.41, 5.74) is 1.13. The van der Waals surface area contributed by atoms with Gasteiger partial charge in [-0.2, -0.15) is 0 Å². The van der Waals surface area contributed by atoms with E-state index in [-0.39, 0.29) is 16.7 Å². The molecule has 1 aliphatic heterocycles. The van der Waals surface area contributed by atoms with Crippen LogP contribution in [0.1, 0.15) is 19.4 Å². The molecule has 18 heavy (non-hydrogen) atoms. The van der Waals surface area contributed by atoms with Crippen LogP contribution < -0.4 is 0 Å². The van der Waals surface area contributed by atoms with Crippen LogP contribution in [-0.2, 0) is 11.3 Å². The number of nitro groups is 1. The van der Waals surface area contributed by atoms with Gasteiger partial charge in [-0.15, -0.1) is 0 Å². The number of ether oxygens (including phenoxy) is 1. The predicted octanol–water partition coefficient (Wildman–Crippen LogP) is 2.20. The summed E-state index contributed by atoms with van der Waals surface area (Å²) in [6.45, 7) is 6.48. The average Bonchev–Trinajstić information content (AvgIpc) is 2.34. The number of rotatable bonds is 3. The molecule has 1 aromatic carbocycles. The molecule has 0 spiro atoms. The summed E-state index contributed by atoms with van der Waals surface area (Å²) in [6.07, 6.45) is 0.222. The van der Waals surface area contributed by atoms with Crippen molar-refractivity contribution in [3.63, 3.8) is 0 Å². The summed E-state index contributed by atoms with van der Waals surface area (Å²) < 4.78 is 5.57. The van der Waals surface area contributed by atoms with Crippen LogP contribution in [0.2, 0.25) is 0 Å². The predicted molar refractivity (Wildman–Crippen MR) is 68.4 cm³/mol. The molecule has 5 nitrogen and oxygen atoms in total. The fraction of sp³-hybridized carbons (Fsp3) is 0.538. The molecule has 1 saturated heterocycles. The van der Waals surface area contributed by atoms with E-state index in [4.69, 9.17) is 4.74 Å². The van der Waals surface area contributed by atoms with Crippen molar-refractivity contribution in [2.24, 2.45) is 0 Å². The van der Waals surface area contributed by atoms with Crippen LogP contribution in [0, 0.1) is 10.1 Å². The Balaban J connectivity index is 2.08. The molecule has 1 aromatic rings. The highest BCUT2D eigenvalue weighted by Crippen LogP contribution is 2.18. The van der Waals surface area contributed by atoms with Crippen molar-refractivity contribution < 1.29 is 9.66 Å². The lowest BCUT2D eigenvalue weighted by molar-refractivity contribution is -0.384. The summed E-state index contributed by atoms with van der Waals surface area (Å²) >= 11 is 0. The highest BCUT2D eigenvalue weighted by atomic mass is 16.6. The summed E-state index contributed by atoms with van der Waals surface area (Å²) in [7, 11) is 0. The van der Waals surface area contributed by atoms with Gasteiger partial charge in [-0.05, 0) is 19.4 Å². The van der Waals surface area contributed by atoms with Crippen molar-refractivity contribution in [2.45, 2.75) is 32.5 Å². The second-order valence-electron chi connectivity index (χ2n) is 4.85. The Morgan fingerprint density at radius 3 is 3.00 bits per heavy atom. The quantitative estimate of drug-likeness (QED) is 0.609. The maximum absolute atomic E-state index is 10.7. The molecule has 5 heteroatoms. The normalized spacial score (nSPS) is 25.0. The first-order chi connectivity index (χ1) is 8.56. The second kappa shape index (κ2) is 5.46. The third-order valence-corrected chi connectivity index (χ3v) is 3.24. The Bertz CT molecular complexity index is 436. The summed E-state index contributed by atoms with van der Waals surface area (Å²) in [5.74, 6) is 0. The van der Waals surface area contributed by atoms with Crippen molar-refractivity contribution >= 4 is 5.69 Å². The number of non-ortho nitro benzene ring substituents is 1. The Morgan fingerprint density at radius 1 is 1.50 bits per heavy atom. The van der Waals surface area contributed by atoms with E-state index in [2.05, 4.69) is 11.8 Å². The molecular formula is C13H18N2O3. The Labute approximate surface area is 107 Å². The molecule has 0 bridgehead atoms. The van der Waals surface area contributed by atoms with Crippen LogP contribution in [-0.4, -0.2) is 35.1 Å². The van der Waals surface area contributed by atoms with Gasteiger partial charge in [-0.25, -0.2) is 0 Å². The first-order valence-electron chi connectivity index (χ1n) is 6.15. The van der Waals surface area contributed by atoms with E-state index < -0.39 is 0 Å². The molecule has 0 radical (unpaired) electrons. The fourth-order valence-corrected chi connectivity index (χ4v) is 2.20. The highest BCUT2D eigenvalue weighted by Gasteiger charge is 2.23. The molecule has 0 aromatic heterocycles. The molecule has 0 saturated carbocycles. The van der Waals surface area contributed by atoms with E-state index in [9.17, 15) is 10.1 Å². The average molecular weight is 250 g/mol. The zero-order chi connectivity index (χ0) is 13.1. The summed E-state index contributed by atoms with van der Waals surface area (Å²) in [4.78, 5) is 12.7. The molecule has 1 heterocycles. The molecule has 0 N–H and O–H groups in total. The van der Waals surface area contributed by atoms with Crippen molar-refractivity contribution in [3.05, 3.63) is 39.9 Å². The smallest absolute Gasteiger partial charge is 0.269 e. The fourth-order valence-electron chi connectivity index (χ4n) is 2.20. The number of hydrogen-bond acceptors (Lipinski definition) is 4. The van der Waals surface area contributed by atoms with E-state index in [0.29, 0.717) is 6.04 Å². The lowest BCUT2D eigenvalue weighted by Crippen LogP contribution is -2.46. The molecule has 0 aliphatic carbocycles. The monoisotopic (exact) mass is 250 g/mol. The molecule has 1 fully saturated rings. The van der Waals surface area contributed by atoms with Gasteiger partial charge in [0.25, 0.3) is 5.69 Å². The van der Waals surface area contributed by atoms with Crippen molar-refractivity contribution in [1.29, 1.82) is 0 Å². The van der Waals surface area contributed by atoms with Crippen LogP contribution in [0.3, 0.4) is 0 Å². The lowest BCUT2D eigenvalue weighted by atomic mass is 10.1. The minimum absolute atomic E-state index is 0.154. The van der Waals surface area contributed by atoms with Gasteiger partial charge in [0, 0.05) is 31.3 Å². The number of morpholine rings is 1. The Morgan fingerprint density at radius 2 is 2.28 bits per heavy atom. The number of hydrogen-bond donors (Lipinski definition) is 0. The number of nitro benzene ring substituents is 1. The van der Waals surface area contributed by atoms with Gasteiger partial charge in [-0.1, -0.05) is 12.1 Å². The molecule has 1 aliphatic rings. The Hall–Kier alpha value is -1.46. The molecule has 98 valence electrons. The first-order valence-corrected chi connectivity index (χ1v) is 6.15.